The number of rotatable bonds is 10. The number of nitrogens with one attached hydrogen (secondary N) is 3. The fraction of sp³-hybridized carbons (Fsp3) is 0.310. The highest BCUT2D eigenvalue weighted by molar-refractivity contribution is 6.03. The Morgan fingerprint density at radius 3 is 2.68 bits per heavy atom. The highest BCUT2D eigenvalue weighted by Gasteiger charge is 2.27. The Morgan fingerprint density at radius 2 is 1.90 bits per heavy atom. The molecule has 1 saturated carbocycles. The van der Waals surface area contributed by atoms with Crippen molar-refractivity contribution in [3.8, 4) is 11.5 Å². The zero-order chi connectivity index (χ0) is 28.2. The minimum Gasteiger partial charge on any atom is -0.456 e. The summed E-state index contributed by atoms with van der Waals surface area (Å²) in [7, 11) is 2.10. The van der Waals surface area contributed by atoms with Gasteiger partial charge in [-0.2, -0.15) is 5.10 Å². The minimum atomic E-state index is -0.319. The van der Waals surface area contributed by atoms with Crippen molar-refractivity contribution < 1.29 is 14.3 Å². The normalized spacial score (nSPS) is 16.9. The third-order valence-corrected chi connectivity index (χ3v) is 7.22. The molecule has 1 saturated heterocycles. The molecule has 12 heteroatoms. The quantitative estimate of drug-likeness (QED) is 0.252. The van der Waals surface area contributed by atoms with E-state index in [0.717, 1.165) is 13.0 Å². The molecule has 0 bridgehead atoms. The van der Waals surface area contributed by atoms with E-state index in [4.69, 9.17) is 4.74 Å². The topological polar surface area (TPSA) is 141 Å². The van der Waals surface area contributed by atoms with Crippen LogP contribution in [0.3, 0.4) is 0 Å². The van der Waals surface area contributed by atoms with Crippen molar-refractivity contribution in [2.24, 2.45) is 0 Å². The van der Waals surface area contributed by atoms with Crippen LogP contribution in [-0.4, -0.2) is 85.5 Å². The number of aromatic amines is 1. The number of likely N-dealkylation sites (tertiary alicyclic amines) is 1. The van der Waals surface area contributed by atoms with Crippen LogP contribution in [0.2, 0.25) is 0 Å². The first kappa shape index (κ1) is 26.4. The van der Waals surface area contributed by atoms with Gasteiger partial charge in [0, 0.05) is 68.0 Å². The number of benzene rings is 1. The van der Waals surface area contributed by atoms with Crippen LogP contribution >= 0.6 is 0 Å². The number of ether oxygens (including phenoxy) is 1. The maximum Gasteiger partial charge on any atom is 0.258 e. The number of H-pyrrole nitrogens is 1. The molecule has 2 aliphatic rings. The first-order chi connectivity index (χ1) is 20.0. The standard InChI is InChI=1S/C29H31N9O3/c1-37(21-7-8-21)16-2-4-24(39)38-17-12-20(18-38)33-27-25-23(11-15-30-26(25)35-36-27)41-22-9-5-19(6-10-22)28(40)34-29-31-13-3-14-32-29/h2-6,9-11,13-15,20-21H,7-8,12,16-18H2,1H3,(H2,30,33,35,36)(H,31,32,34,40). The molecule has 1 unspecified atom stereocenters. The smallest absolute Gasteiger partial charge is 0.258 e. The monoisotopic (exact) mass is 553 g/mol. The van der Waals surface area contributed by atoms with Gasteiger partial charge in [-0.05, 0) is 56.6 Å². The van der Waals surface area contributed by atoms with Crippen LogP contribution in [0.4, 0.5) is 11.8 Å². The van der Waals surface area contributed by atoms with Crippen LogP contribution in [0.25, 0.3) is 11.0 Å². The van der Waals surface area contributed by atoms with Gasteiger partial charge in [-0.3, -0.25) is 24.9 Å². The maximum atomic E-state index is 12.7. The summed E-state index contributed by atoms with van der Waals surface area (Å²) in [6.07, 6.45) is 11.7. The number of hydrogen-bond acceptors (Lipinski definition) is 9. The van der Waals surface area contributed by atoms with E-state index in [0.29, 0.717) is 53.0 Å². The first-order valence-electron chi connectivity index (χ1n) is 13.6. The van der Waals surface area contributed by atoms with Gasteiger partial charge in [0.25, 0.3) is 5.91 Å². The number of carbonyl (C=O) groups excluding carboxylic acids is 2. The van der Waals surface area contributed by atoms with Crippen molar-refractivity contribution in [1.29, 1.82) is 0 Å². The summed E-state index contributed by atoms with van der Waals surface area (Å²) in [6, 6.07) is 10.9. The van der Waals surface area contributed by atoms with Crippen molar-refractivity contribution in [3.05, 3.63) is 72.7 Å². The zero-order valence-corrected chi connectivity index (χ0v) is 22.7. The third kappa shape index (κ3) is 6.33. The third-order valence-electron chi connectivity index (χ3n) is 7.22. The van der Waals surface area contributed by atoms with Gasteiger partial charge in [0.2, 0.25) is 11.9 Å². The van der Waals surface area contributed by atoms with Gasteiger partial charge in [-0.15, -0.1) is 0 Å². The second-order valence-corrected chi connectivity index (χ2v) is 10.2. The number of fused-ring (bicyclic) bond motifs is 1. The van der Waals surface area contributed by atoms with Gasteiger partial charge < -0.3 is 15.0 Å². The van der Waals surface area contributed by atoms with Crippen LogP contribution in [0.15, 0.2) is 67.1 Å². The summed E-state index contributed by atoms with van der Waals surface area (Å²) >= 11 is 0. The molecule has 2 fully saturated rings. The summed E-state index contributed by atoms with van der Waals surface area (Å²) < 4.78 is 6.18. The predicted octanol–water partition coefficient (Wildman–Crippen LogP) is 3.46. The number of carbonyl (C=O) groups is 2. The Balaban J connectivity index is 1.09. The second-order valence-electron chi connectivity index (χ2n) is 10.2. The molecule has 41 heavy (non-hydrogen) atoms. The molecular formula is C29H31N9O3. The highest BCUT2D eigenvalue weighted by atomic mass is 16.5. The molecule has 0 spiro atoms. The molecule has 3 aromatic heterocycles. The Bertz CT molecular complexity index is 1550. The second kappa shape index (κ2) is 11.7. The molecule has 6 rings (SSSR count). The van der Waals surface area contributed by atoms with Crippen LogP contribution in [0.5, 0.6) is 11.5 Å². The number of aromatic nitrogens is 5. The van der Waals surface area contributed by atoms with E-state index in [1.54, 1.807) is 61.1 Å². The van der Waals surface area contributed by atoms with Gasteiger partial charge in [0.1, 0.15) is 16.9 Å². The summed E-state index contributed by atoms with van der Waals surface area (Å²) in [5, 5.41) is 14.2. The molecule has 1 aliphatic carbocycles. The number of amides is 2. The highest BCUT2D eigenvalue weighted by Crippen LogP contribution is 2.33. The van der Waals surface area contributed by atoms with E-state index >= 15 is 0 Å². The molecule has 4 aromatic rings. The SMILES string of the molecule is CN(CC=CC(=O)N1CCC(Nc2n[nH]c3nccc(Oc4ccc(C(=O)Nc5ncccn5)cc4)c23)C1)C1CC1. The van der Waals surface area contributed by atoms with Crippen LogP contribution < -0.4 is 15.4 Å². The fourth-order valence-corrected chi connectivity index (χ4v) is 4.81. The molecule has 2 amide bonds. The fourth-order valence-electron chi connectivity index (χ4n) is 4.81. The van der Waals surface area contributed by atoms with Crippen LogP contribution in [0.1, 0.15) is 29.6 Å². The van der Waals surface area contributed by atoms with E-state index in [-0.39, 0.29) is 23.8 Å². The van der Waals surface area contributed by atoms with E-state index in [2.05, 4.69) is 47.7 Å². The lowest BCUT2D eigenvalue weighted by atomic mass is 10.2. The van der Waals surface area contributed by atoms with Crippen molar-refractivity contribution in [3.63, 3.8) is 0 Å². The lowest BCUT2D eigenvalue weighted by Crippen LogP contribution is -2.30. The molecule has 1 aromatic carbocycles. The van der Waals surface area contributed by atoms with Crippen molar-refractivity contribution in [2.75, 3.05) is 37.3 Å². The largest absolute Gasteiger partial charge is 0.456 e. The maximum absolute atomic E-state index is 12.7. The molecule has 1 atom stereocenters. The molecular weight excluding hydrogens is 522 g/mol. The number of nitrogens with zero attached hydrogens (tertiary/aromatic N) is 6. The Morgan fingerprint density at radius 1 is 1.10 bits per heavy atom. The Labute approximate surface area is 236 Å². The molecule has 0 radical (unpaired) electrons. The minimum absolute atomic E-state index is 0.0319. The van der Waals surface area contributed by atoms with Gasteiger partial charge >= 0.3 is 0 Å². The Hall–Kier alpha value is -4.84. The number of anilines is 2. The molecule has 210 valence electrons. The summed E-state index contributed by atoms with van der Waals surface area (Å²) in [5.41, 5.74) is 1.03. The number of pyridine rings is 1. The van der Waals surface area contributed by atoms with Crippen molar-refractivity contribution >= 4 is 34.6 Å². The van der Waals surface area contributed by atoms with E-state index in [9.17, 15) is 9.59 Å². The van der Waals surface area contributed by atoms with Gasteiger partial charge in [-0.1, -0.05) is 6.08 Å². The zero-order valence-electron chi connectivity index (χ0n) is 22.7. The van der Waals surface area contributed by atoms with Crippen LogP contribution in [0, 0.1) is 0 Å². The Kier molecular flexibility index (Phi) is 7.54. The molecule has 12 nitrogen and oxygen atoms in total. The van der Waals surface area contributed by atoms with Crippen molar-refractivity contribution in [1.82, 2.24) is 34.9 Å². The van der Waals surface area contributed by atoms with Crippen molar-refractivity contribution in [2.45, 2.75) is 31.3 Å². The van der Waals surface area contributed by atoms with Gasteiger partial charge in [0.15, 0.2) is 11.5 Å². The number of hydrogen-bond donors (Lipinski definition) is 3. The first-order valence-corrected chi connectivity index (χ1v) is 13.6. The van der Waals surface area contributed by atoms with E-state index < -0.39 is 0 Å². The van der Waals surface area contributed by atoms with Gasteiger partial charge in [0.05, 0.1) is 0 Å². The molecule has 4 heterocycles. The lowest BCUT2D eigenvalue weighted by Gasteiger charge is -2.16. The van der Waals surface area contributed by atoms with E-state index in [1.807, 2.05) is 11.0 Å². The summed E-state index contributed by atoms with van der Waals surface area (Å²) in [6.45, 7) is 2.06. The molecule has 3 N–H and O–H groups in total. The summed E-state index contributed by atoms with van der Waals surface area (Å²) in [5.74, 6) is 1.68. The lowest BCUT2D eigenvalue weighted by molar-refractivity contribution is -0.125. The average Bonchev–Trinajstić information content (AvgIpc) is 3.61. The van der Waals surface area contributed by atoms with Crippen LogP contribution in [-0.2, 0) is 4.79 Å². The predicted molar refractivity (Wildman–Crippen MR) is 154 cm³/mol. The molecule has 1 aliphatic heterocycles. The summed E-state index contributed by atoms with van der Waals surface area (Å²) in [4.78, 5) is 41.8. The number of likely N-dealkylation sites (N-methyl/N-ethyl adjacent to an activating group) is 1. The van der Waals surface area contributed by atoms with Gasteiger partial charge in [-0.25, -0.2) is 15.0 Å². The average molecular weight is 554 g/mol. The van der Waals surface area contributed by atoms with E-state index in [1.165, 1.54) is 12.8 Å².